The summed E-state index contributed by atoms with van der Waals surface area (Å²) >= 11 is 0. The Bertz CT molecular complexity index is 1260. The third kappa shape index (κ3) is 3.55. The molecule has 4 rings (SSSR count). The number of benzene rings is 4. The molecule has 0 aliphatic heterocycles. The highest BCUT2D eigenvalue weighted by Gasteiger charge is 2.32. The van der Waals surface area contributed by atoms with Crippen molar-refractivity contribution in [3.63, 3.8) is 0 Å². The molecule has 0 bridgehead atoms. The van der Waals surface area contributed by atoms with E-state index in [0.717, 1.165) is 28.1 Å². The van der Waals surface area contributed by atoms with Crippen molar-refractivity contribution in [1.82, 2.24) is 0 Å². The maximum absolute atomic E-state index is 13.3. The molecule has 0 saturated carbocycles. The van der Waals surface area contributed by atoms with E-state index in [4.69, 9.17) is 0 Å². The van der Waals surface area contributed by atoms with Crippen LogP contribution in [0.5, 0.6) is 0 Å². The van der Waals surface area contributed by atoms with Gasteiger partial charge in [-0.25, -0.2) is 0 Å². The van der Waals surface area contributed by atoms with Gasteiger partial charge in [-0.05, 0) is 33.5 Å². The van der Waals surface area contributed by atoms with Gasteiger partial charge in [0.1, 0.15) is 0 Å². The molecule has 1 atom stereocenters. The third-order valence-electron chi connectivity index (χ3n) is 5.56. The Labute approximate surface area is 175 Å². The zero-order valence-corrected chi connectivity index (χ0v) is 16.8. The normalized spacial score (nSPS) is 12.0. The van der Waals surface area contributed by atoms with Gasteiger partial charge in [0.2, 0.25) is 11.6 Å². The Hall–Kier alpha value is -3.59. The highest BCUT2D eigenvalue weighted by atomic mass is 16.2. The summed E-state index contributed by atoms with van der Waals surface area (Å²) in [6.07, 6.45) is 1.25. The summed E-state index contributed by atoms with van der Waals surface area (Å²) in [5, 5.41) is 3.50. The molecule has 0 spiro atoms. The van der Waals surface area contributed by atoms with Crippen LogP contribution in [0.25, 0.3) is 21.5 Å². The van der Waals surface area contributed by atoms with Crippen LogP contribution in [0.2, 0.25) is 0 Å². The largest absolute Gasteiger partial charge is 0.290 e. The first-order valence-electron chi connectivity index (χ1n) is 10.2. The molecule has 0 N–H and O–H groups in total. The summed E-state index contributed by atoms with van der Waals surface area (Å²) in [4.78, 5) is 39.3. The lowest BCUT2D eigenvalue weighted by atomic mass is 9.84. The van der Waals surface area contributed by atoms with E-state index < -0.39 is 23.3 Å². The Kier molecular flexibility index (Phi) is 5.53. The lowest BCUT2D eigenvalue weighted by Crippen LogP contribution is -2.29. The zero-order chi connectivity index (χ0) is 21.1. The monoisotopic (exact) mass is 394 g/mol. The summed E-state index contributed by atoms with van der Waals surface area (Å²) in [5.74, 6) is -2.95. The standard InChI is InChI=1S/C27H22O3/c1-2-9-23(22-16-7-12-18-10-3-5-14-20(18)22)25(28)27(30)26(29)24-17-8-13-19-11-4-6-15-21(19)24/h3-8,10-17,23H,2,9H2,1H3. The van der Waals surface area contributed by atoms with Crippen LogP contribution in [0, 0.1) is 0 Å². The van der Waals surface area contributed by atoms with Crippen molar-refractivity contribution < 1.29 is 14.4 Å². The minimum Gasteiger partial charge on any atom is -0.290 e. The van der Waals surface area contributed by atoms with Crippen molar-refractivity contribution >= 4 is 38.9 Å². The quantitative estimate of drug-likeness (QED) is 0.223. The molecule has 30 heavy (non-hydrogen) atoms. The van der Waals surface area contributed by atoms with E-state index in [9.17, 15) is 14.4 Å². The van der Waals surface area contributed by atoms with E-state index in [2.05, 4.69) is 0 Å². The lowest BCUT2D eigenvalue weighted by Gasteiger charge is -2.17. The molecule has 0 fully saturated rings. The zero-order valence-electron chi connectivity index (χ0n) is 16.8. The Morgan fingerprint density at radius 1 is 0.700 bits per heavy atom. The maximum Gasteiger partial charge on any atom is 0.269 e. The summed E-state index contributed by atoms with van der Waals surface area (Å²) in [6.45, 7) is 1.97. The van der Waals surface area contributed by atoms with Crippen LogP contribution in [0.3, 0.4) is 0 Å². The maximum atomic E-state index is 13.3. The summed E-state index contributed by atoms with van der Waals surface area (Å²) in [5.41, 5.74) is 1.08. The molecule has 0 saturated heterocycles. The molecule has 0 radical (unpaired) electrons. The average Bonchev–Trinajstić information content (AvgIpc) is 2.80. The van der Waals surface area contributed by atoms with E-state index in [-0.39, 0.29) is 5.56 Å². The van der Waals surface area contributed by atoms with Gasteiger partial charge >= 0.3 is 0 Å². The molecule has 3 nitrogen and oxygen atoms in total. The predicted molar refractivity (Wildman–Crippen MR) is 120 cm³/mol. The molecule has 4 aromatic carbocycles. The van der Waals surface area contributed by atoms with E-state index >= 15 is 0 Å². The first kappa shape index (κ1) is 19.7. The third-order valence-corrected chi connectivity index (χ3v) is 5.56. The molecule has 0 heterocycles. The lowest BCUT2D eigenvalue weighted by molar-refractivity contribution is -0.134. The van der Waals surface area contributed by atoms with E-state index in [1.807, 2.05) is 73.7 Å². The Balaban J connectivity index is 1.73. The molecule has 0 amide bonds. The second-order valence-electron chi connectivity index (χ2n) is 7.46. The molecular weight excluding hydrogens is 372 g/mol. The number of Topliss-reactive ketones (excluding diaryl/α,β-unsaturated/α-hetero) is 3. The fourth-order valence-corrected chi connectivity index (χ4v) is 4.09. The second kappa shape index (κ2) is 8.42. The van der Waals surface area contributed by atoms with Crippen LogP contribution in [0.4, 0.5) is 0 Å². The Morgan fingerprint density at radius 2 is 1.27 bits per heavy atom. The average molecular weight is 394 g/mol. The van der Waals surface area contributed by atoms with Gasteiger partial charge in [-0.15, -0.1) is 0 Å². The number of hydrogen-bond acceptors (Lipinski definition) is 3. The number of fused-ring (bicyclic) bond motifs is 2. The highest BCUT2D eigenvalue weighted by molar-refractivity contribution is 6.68. The predicted octanol–water partition coefficient (Wildman–Crippen LogP) is 5.90. The van der Waals surface area contributed by atoms with Crippen molar-refractivity contribution in [1.29, 1.82) is 0 Å². The van der Waals surface area contributed by atoms with Gasteiger partial charge in [0, 0.05) is 5.56 Å². The van der Waals surface area contributed by atoms with Gasteiger partial charge in [0.05, 0.1) is 5.92 Å². The smallest absolute Gasteiger partial charge is 0.269 e. The number of rotatable bonds is 7. The molecule has 4 aromatic rings. The van der Waals surface area contributed by atoms with Crippen molar-refractivity contribution in [3.8, 4) is 0 Å². The number of carbonyl (C=O) groups is 3. The van der Waals surface area contributed by atoms with Gasteiger partial charge < -0.3 is 0 Å². The molecular formula is C27H22O3. The second-order valence-corrected chi connectivity index (χ2v) is 7.46. The molecule has 0 aliphatic rings. The fraction of sp³-hybridized carbons (Fsp3) is 0.148. The van der Waals surface area contributed by atoms with Gasteiger partial charge in [0.15, 0.2) is 0 Å². The van der Waals surface area contributed by atoms with E-state index in [1.54, 1.807) is 18.2 Å². The van der Waals surface area contributed by atoms with Crippen molar-refractivity contribution in [2.45, 2.75) is 25.7 Å². The Morgan fingerprint density at radius 3 is 1.97 bits per heavy atom. The van der Waals surface area contributed by atoms with Crippen molar-refractivity contribution in [2.75, 3.05) is 0 Å². The van der Waals surface area contributed by atoms with Gasteiger partial charge in [-0.1, -0.05) is 98.3 Å². The summed E-state index contributed by atoms with van der Waals surface area (Å²) in [7, 11) is 0. The number of ketones is 3. The number of hydrogen-bond donors (Lipinski definition) is 0. The van der Waals surface area contributed by atoms with Crippen LogP contribution in [-0.4, -0.2) is 17.3 Å². The summed E-state index contributed by atoms with van der Waals surface area (Å²) < 4.78 is 0. The van der Waals surface area contributed by atoms with Gasteiger partial charge in [-0.3, -0.25) is 14.4 Å². The van der Waals surface area contributed by atoms with E-state index in [0.29, 0.717) is 11.8 Å². The van der Waals surface area contributed by atoms with Crippen molar-refractivity contribution in [2.24, 2.45) is 0 Å². The molecule has 148 valence electrons. The fourth-order valence-electron chi connectivity index (χ4n) is 4.09. The van der Waals surface area contributed by atoms with Crippen LogP contribution >= 0.6 is 0 Å². The number of carbonyl (C=O) groups excluding carboxylic acids is 3. The highest BCUT2D eigenvalue weighted by Crippen LogP contribution is 2.30. The SMILES string of the molecule is CCCC(C(=O)C(=O)C(=O)c1cccc2ccccc12)c1cccc2ccccc12. The topological polar surface area (TPSA) is 51.2 Å². The van der Waals surface area contributed by atoms with Crippen LogP contribution in [0.1, 0.15) is 41.6 Å². The minimum absolute atomic E-state index is 0.277. The molecule has 3 heteroatoms. The van der Waals surface area contributed by atoms with Gasteiger partial charge in [0.25, 0.3) is 5.78 Å². The van der Waals surface area contributed by atoms with Crippen LogP contribution < -0.4 is 0 Å². The molecule has 1 unspecified atom stereocenters. The van der Waals surface area contributed by atoms with Crippen LogP contribution in [-0.2, 0) is 9.59 Å². The van der Waals surface area contributed by atoms with Crippen LogP contribution in [0.15, 0.2) is 84.9 Å². The van der Waals surface area contributed by atoms with Gasteiger partial charge in [-0.2, -0.15) is 0 Å². The first-order chi connectivity index (χ1) is 14.6. The first-order valence-corrected chi connectivity index (χ1v) is 10.2. The summed E-state index contributed by atoms with van der Waals surface area (Å²) in [6, 6.07) is 26.2. The van der Waals surface area contributed by atoms with Crippen molar-refractivity contribution in [3.05, 3.63) is 96.1 Å². The molecule has 0 aromatic heterocycles. The van der Waals surface area contributed by atoms with E-state index in [1.165, 1.54) is 0 Å². The molecule has 0 aliphatic carbocycles. The minimum atomic E-state index is -0.947.